The Kier molecular flexibility index (Phi) is 6.73. The second kappa shape index (κ2) is 9.83. The highest BCUT2D eigenvalue weighted by molar-refractivity contribution is 6.00. The van der Waals surface area contributed by atoms with Gasteiger partial charge in [-0.25, -0.2) is 4.39 Å². The smallest absolute Gasteiger partial charge is 0.273 e. The molecule has 0 heterocycles. The standard InChI is InChI=1S/C22H18FN3O4/c23-17-11-5-6-12-18(17)24-20(27)14-30-19-13-7-4-10-16(19)22(29)26-25-21(28)15-8-2-1-3-9-15/h1-13H,14H2,(H,24,27)(H,25,28)(H,26,29). The van der Waals surface area contributed by atoms with Crippen LogP contribution in [-0.4, -0.2) is 24.3 Å². The molecule has 3 N–H and O–H groups in total. The summed E-state index contributed by atoms with van der Waals surface area (Å²) >= 11 is 0. The minimum atomic E-state index is -0.621. The highest BCUT2D eigenvalue weighted by Gasteiger charge is 2.15. The number of halogens is 1. The molecule has 0 aromatic heterocycles. The van der Waals surface area contributed by atoms with Crippen molar-refractivity contribution in [3.8, 4) is 5.75 Å². The van der Waals surface area contributed by atoms with E-state index >= 15 is 0 Å². The molecule has 0 aliphatic carbocycles. The van der Waals surface area contributed by atoms with Crippen molar-refractivity contribution in [1.82, 2.24) is 10.9 Å². The van der Waals surface area contributed by atoms with Crippen molar-refractivity contribution in [1.29, 1.82) is 0 Å². The molecular formula is C22H18FN3O4. The van der Waals surface area contributed by atoms with Crippen molar-refractivity contribution in [3.63, 3.8) is 0 Å². The second-order valence-corrected chi connectivity index (χ2v) is 6.09. The van der Waals surface area contributed by atoms with Crippen LogP contribution in [-0.2, 0) is 4.79 Å². The first kappa shape index (κ1) is 20.5. The van der Waals surface area contributed by atoms with Gasteiger partial charge < -0.3 is 10.1 Å². The Morgan fingerprint density at radius 3 is 2.17 bits per heavy atom. The number of hydrogen-bond donors (Lipinski definition) is 3. The van der Waals surface area contributed by atoms with E-state index in [4.69, 9.17) is 4.74 Å². The van der Waals surface area contributed by atoms with Crippen molar-refractivity contribution < 1.29 is 23.5 Å². The quantitative estimate of drug-likeness (QED) is 0.548. The summed E-state index contributed by atoms with van der Waals surface area (Å²) in [5.41, 5.74) is 5.14. The Hall–Kier alpha value is -4.20. The second-order valence-electron chi connectivity index (χ2n) is 6.09. The number of benzene rings is 3. The van der Waals surface area contributed by atoms with Gasteiger partial charge in [-0.2, -0.15) is 0 Å². The molecule has 3 aromatic rings. The van der Waals surface area contributed by atoms with Crippen LogP contribution in [0.5, 0.6) is 5.75 Å². The zero-order valence-corrected chi connectivity index (χ0v) is 15.7. The van der Waals surface area contributed by atoms with Gasteiger partial charge in [0.15, 0.2) is 6.61 Å². The van der Waals surface area contributed by atoms with Crippen LogP contribution in [0.1, 0.15) is 20.7 Å². The van der Waals surface area contributed by atoms with E-state index in [0.717, 1.165) is 0 Å². The van der Waals surface area contributed by atoms with Gasteiger partial charge in [-0.15, -0.1) is 0 Å². The van der Waals surface area contributed by atoms with Crippen LogP contribution in [0.3, 0.4) is 0 Å². The summed E-state index contributed by atoms with van der Waals surface area (Å²) in [5, 5.41) is 2.39. The first-order valence-corrected chi connectivity index (χ1v) is 8.96. The van der Waals surface area contributed by atoms with Crippen molar-refractivity contribution in [2.24, 2.45) is 0 Å². The van der Waals surface area contributed by atoms with Crippen LogP contribution in [0.2, 0.25) is 0 Å². The normalized spacial score (nSPS) is 10.0. The molecule has 7 nitrogen and oxygen atoms in total. The lowest BCUT2D eigenvalue weighted by molar-refractivity contribution is -0.118. The Labute approximate surface area is 171 Å². The fourth-order valence-corrected chi connectivity index (χ4v) is 2.51. The molecule has 0 saturated heterocycles. The average Bonchev–Trinajstić information content (AvgIpc) is 2.78. The van der Waals surface area contributed by atoms with E-state index < -0.39 is 30.1 Å². The minimum Gasteiger partial charge on any atom is -0.483 e. The summed E-state index contributed by atoms with van der Waals surface area (Å²) in [6, 6.07) is 20.3. The van der Waals surface area contributed by atoms with E-state index in [-0.39, 0.29) is 17.0 Å². The molecule has 0 bridgehead atoms. The summed E-state index contributed by atoms with van der Waals surface area (Å²) in [6.45, 7) is -0.436. The molecule has 0 radical (unpaired) electrons. The Morgan fingerprint density at radius 1 is 0.767 bits per heavy atom. The van der Waals surface area contributed by atoms with Gasteiger partial charge in [0, 0.05) is 5.56 Å². The molecule has 0 atom stereocenters. The fraction of sp³-hybridized carbons (Fsp3) is 0.0455. The lowest BCUT2D eigenvalue weighted by Crippen LogP contribution is -2.41. The minimum absolute atomic E-state index is 0.0285. The fourth-order valence-electron chi connectivity index (χ4n) is 2.51. The van der Waals surface area contributed by atoms with Crippen LogP contribution in [0.15, 0.2) is 78.9 Å². The van der Waals surface area contributed by atoms with E-state index in [9.17, 15) is 18.8 Å². The molecule has 3 aromatic carbocycles. The number of amides is 3. The molecule has 3 rings (SSSR count). The number of hydrogen-bond acceptors (Lipinski definition) is 4. The third-order valence-corrected chi connectivity index (χ3v) is 3.96. The van der Waals surface area contributed by atoms with Gasteiger partial charge in [0.2, 0.25) is 0 Å². The first-order chi connectivity index (χ1) is 14.5. The lowest BCUT2D eigenvalue weighted by Gasteiger charge is -2.12. The largest absolute Gasteiger partial charge is 0.483 e. The molecular weight excluding hydrogens is 389 g/mol. The van der Waals surface area contributed by atoms with Gasteiger partial charge in [0.1, 0.15) is 11.6 Å². The van der Waals surface area contributed by atoms with Gasteiger partial charge in [0.05, 0.1) is 11.3 Å². The van der Waals surface area contributed by atoms with E-state index in [1.807, 2.05) is 0 Å². The predicted molar refractivity (Wildman–Crippen MR) is 108 cm³/mol. The van der Waals surface area contributed by atoms with E-state index in [1.165, 1.54) is 30.3 Å². The maximum Gasteiger partial charge on any atom is 0.273 e. The first-order valence-electron chi connectivity index (χ1n) is 8.96. The number of carbonyl (C=O) groups excluding carboxylic acids is 3. The highest BCUT2D eigenvalue weighted by atomic mass is 19.1. The van der Waals surface area contributed by atoms with Crippen molar-refractivity contribution in [3.05, 3.63) is 95.8 Å². The maximum absolute atomic E-state index is 13.6. The number of para-hydroxylation sites is 2. The van der Waals surface area contributed by atoms with Crippen LogP contribution < -0.4 is 20.9 Å². The molecule has 152 valence electrons. The van der Waals surface area contributed by atoms with Crippen molar-refractivity contribution >= 4 is 23.4 Å². The van der Waals surface area contributed by atoms with Crippen molar-refractivity contribution in [2.45, 2.75) is 0 Å². The van der Waals surface area contributed by atoms with Gasteiger partial charge in [-0.3, -0.25) is 25.2 Å². The molecule has 0 unspecified atom stereocenters. The lowest BCUT2D eigenvalue weighted by atomic mass is 10.2. The number of ether oxygens (including phenoxy) is 1. The van der Waals surface area contributed by atoms with Gasteiger partial charge in [0.25, 0.3) is 17.7 Å². The zero-order chi connectivity index (χ0) is 21.3. The van der Waals surface area contributed by atoms with Gasteiger partial charge in [-0.1, -0.05) is 42.5 Å². The predicted octanol–water partition coefficient (Wildman–Crippen LogP) is 2.92. The number of anilines is 1. The highest BCUT2D eigenvalue weighted by Crippen LogP contribution is 2.18. The maximum atomic E-state index is 13.6. The molecule has 0 saturated carbocycles. The molecule has 0 aliphatic rings. The van der Waals surface area contributed by atoms with Crippen LogP contribution in [0, 0.1) is 5.82 Å². The van der Waals surface area contributed by atoms with Crippen molar-refractivity contribution in [2.75, 3.05) is 11.9 Å². The summed E-state index contributed by atoms with van der Waals surface area (Å²) in [6.07, 6.45) is 0. The summed E-state index contributed by atoms with van der Waals surface area (Å²) in [7, 11) is 0. The van der Waals surface area contributed by atoms with Crippen LogP contribution in [0.25, 0.3) is 0 Å². The summed E-state index contributed by atoms with van der Waals surface area (Å²) < 4.78 is 19.0. The number of carbonyl (C=O) groups is 3. The molecule has 0 fully saturated rings. The third-order valence-electron chi connectivity index (χ3n) is 3.96. The van der Waals surface area contributed by atoms with E-state index in [0.29, 0.717) is 5.56 Å². The average molecular weight is 407 g/mol. The molecule has 0 aliphatic heterocycles. The Balaban J connectivity index is 1.58. The number of nitrogens with one attached hydrogen (secondary N) is 3. The monoisotopic (exact) mass is 407 g/mol. The topological polar surface area (TPSA) is 96.5 Å². The number of hydrazine groups is 1. The molecule has 3 amide bonds. The Morgan fingerprint density at radius 2 is 1.40 bits per heavy atom. The SMILES string of the molecule is O=C(COc1ccccc1C(=O)NNC(=O)c1ccccc1)Nc1ccccc1F. The summed E-state index contributed by atoms with van der Waals surface area (Å²) in [5.74, 6) is -2.13. The molecule has 8 heteroatoms. The molecule has 0 spiro atoms. The van der Waals surface area contributed by atoms with Crippen LogP contribution >= 0.6 is 0 Å². The summed E-state index contributed by atoms with van der Waals surface area (Å²) in [4.78, 5) is 36.5. The van der Waals surface area contributed by atoms with E-state index in [1.54, 1.807) is 48.5 Å². The molecule has 30 heavy (non-hydrogen) atoms. The Bertz CT molecular complexity index is 1060. The van der Waals surface area contributed by atoms with Gasteiger partial charge >= 0.3 is 0 Å². The number of rotatable bonds is 6. The van der Waals surface area contributed by atoms with Gasteiger partial charge in [-0.05, 0) is 36.4 Å². The zero-order valence-electron chi connectivity index (χ0n) is 15.7. The third kappa shape index (κ3) is 5.41. The van der Waals surface area contributed by atoms with Crippen LogP contribution in [0.4, 0.5) is 10.1 Å². The van der Waals surface area contributed by atoms with E-state index in [2.05, 4.69) is 16.2 Å².